The first kappa shape index (κ1) is 14.2. The third kappa shape index (κ3) is 3.65. The van der Waals surface area contributed by atoms with Crippen molar-refractivity contribution in [2.75, 3.05) is 19.8 Å². The fourth-order valence-corrected chi connectivity index (χ4v) is 2.31. The number of nitrogens with one attached hydrogen (secondary N) is 2. The molecule has 2 unspecified atom stereocenters. The number of morpholine rings is 1. The molecular weight excluding hydrogens is 271 g/mol. The van der Waals surface area contributed by atoms with Crippen LogP contribution in [0.25, 0.3) is 0 Å². The van der Waals surface area contributed by atoms with Gasteiger partial charge in [-0.25, -0.2) is 4.39 Å². The Labute approximate surface area is 116 Å². The van der Waals surface area contributed by atoms with Gasteiger partial charge in [0.25, 0.3) is 0 Å². The van der Waals surface area contributed by atoms with Gasteiger partial charge in [0.05, 0.1) is 19.3 Å². The summed E-state index contributed by atoms with van der Waals surface area (Å²) in [7, 11) is 0. The molecule has 1 aromatic rings. The summed E-state index contributed by atoms with van der Waals surface area (Å²) in [6.45, 7) is 3.43. The Morgan fingerprint density at radius 1 is 1.63 bits per heavy atom. The second kappa shape index (κ2) is 6.32. The molecule has 1 fully saturated rings. The maximum atomic E-state index is 13.0. The summed E-state index contributed by atoms with van der Waals surface area (Å²) >= 11 is 5.96. The molecule has 0 aliphatic carbocycles. The molecular formula is C13H16ClFN2O2. The quantitative estimate of drug-likeness (QED) is 0.888. The second-order valence-electron chi connectivity index (χ2n) is 4.48. The van der Waals surface area contributed by atoms with Gasteiger partial charge >= 0.3 is 0 Å². The fourth-order valence-electron chi connectivity index (χ4n) is 1.98. The maximum Gasteiger partial charge on any atom is 0.240 e. The van der Waals surface area contributed by atoms with Crippen molar-refractivity contribution in [3.63, 3.8) is 0 Å². The van der Waals surface area contributed by atoms with E-state index in [4.69, 9.17) is 16.3 Å². The number of carbonyl (C=O) groups excluding carboxylic acids is 1. The summed E-state index contributed by atoms with van der Waals surface area (Å²) in [5, 5.41) is 6.21. The van der Waals surface area contributed by atoms with Crippen molar-refractivity contribution in [2.24, 2.45) is 0 Å². The van der Waals surface area contributed by atoms with E-state index in [1.54, 1.807) is 13.0 Å². The fraction of sp³-hybridized carbons (Fsp3) is 0.462. The smallest absolute Gasteiger partial charge is 0.240 e. The standard InChI is InChI=1S/C13H16ClFN2O2/c1-8(10-3-2-9(15)6-11(10)14)17-13(18)12-7-19-5-4-16-12/h2-3,6,8,12,16H,4-5,7H2,1H3,(H,17,18). The van der Waals surface area contributed by atoms with Crippen molar-refractivity contribution in [3.8, 4) is 0 Å². The minimum Gasteiger partial charge on any atom is -0.378 e. The first-order chi connectivity index (χ1) is 9.08. The van der Waals surface area contributed by atoms with Crippen LogP contribution in [-0.4, -0.2) is 31.7 Å². The number of amides is 1. The van der Waals surface area contributed by atoms with Crippen LogP contribution in [-0.2, 0) is 9.53 Å². The predicted octanol–water partition coefficient (Wildman–Crippen LogP) is 1.64. The van der Waals surface area contributed by atoms with E-state index >= 15 is 0 Å². The second-order valence-corrected chi connectivity index (χ2v) is 4.88. The van der Waals surface area contributed by atoms with E-state index in [1.165, 1.54) is 12.1 Å². The first-order valence-corrected chi connectivity index (χ1v) is 6.52. The van der Waals surface area contributed by atoms with Crippen molar-refractivity contribution in [3.05, 3.63) is 34.6 Å². The molecule has 2 N–H and O–H groups in total. The van der Waals surface area contributed by atoms with E-state index in [1.807, 2.05) is 0 Å². The van der Waals surface area contributed by atoms with Crippen LogP contribution in [0.3, 0.4) is 0 Å². The number of ether oxygens (including phenoxy) is 1. The van der Waals surface area contributed by atoms with E-state index in [9.17, 15) is 9.18 Å². The van der Waals surface area contributed by atoms with Crippen LogP contribution in [0.4, 0.5) is 4.39 Å². The van der Waals surface area contributed by atoms with Gasteiger partial charge in [0.1, 0.15) is 11.9 Å². The van der Waals surface area contributed by atoms with E-state index < -0.39 is 5.82 Å². The van der Waals surface area contributed by atoms with Crippen LogP contribution in [0.2, 0.25) is 5.02 Å². The lowest BCUT2D eigenvalue weighted by Crippen LogP contribution is -2.51. The SMILES string of the molecule is CC(NC(=O)C1COCCN1)c1ccc(F)cc1Cl. The Bertz CT molecular complexity index is 464. The number of halogens is 2. The molecule has 0 spiro atoms. The molecule has 2 rings (SSSR count). The third-order valence-electron chi connectivity index (χ3n) is 3.03. The first-order valence-electron chi connectivity index (χ1n) is 6.14. The van der Waals surface area contributed by atoms with Gasteiger partial charge in [-0.05, 0) is 24.6 Å². The molecule has 1 heterocycles. The summed E-state index contributed by atoms with van der Waals surface area (Å²) in [5.41, 5.74) is 0.688. The van der Waals surface area contributed by atoms with Gasteiger partial charge < -0.3 is 15.4 Å². The van der Waals surface area contributed by atoms with Crippen LogP contribution < -0.4 is 10.6 Å². The van der Waals surface area contributed by atoms with Gasteiger partial charge in [-0.2, -0.15) is 0 Å². The Morgan fingerprint density at radius 2 is 2.42 bits per heavy atom. The molecule has 0 radical (unpaired) electrons. The van der Waals surface area contributed by atoms with Gasteiger partial charge in [0.2, 0.25) is 5.91 Å². The van der Waals surface area contributed by atoms with Crippen molar-refractivity contribution < 1.29 is 13.9 Å². The number of carbonyl (C=O) groups is 1. The zero-order valence-corrected chi connectivity index (χ0v) is 11.3. The average molecular weight is 287 g/mol. The molecule has 0 bridgehead atoms. The van der Waals surface area contributed by atoms with Gasteiger partial charge in [-0.15, -0.1) is 0 Å². The summed E-state index contributed by atoms with van der Waals surface area (Å²) in [4.78, 5) is 12.0. The molecule has 2 atom stereocenters. The van der Waals surface area contributed by atoms with Crippen molar-refractivity contribution in [1.29, 1.82) is 0 Å². The molecule has 0 saturated carbocycles. The minimum absolute atomic E-state index is 0.146. The Kier molecular flexibility index (Phi) is 4.74. The third-order valence-corrected chi connectivity index (χ3v) is 3.35. The van der Waals surface area contributed by atoms with Gasteiger partial charge in [-0.3, -0.25) is 4.79 Å². The van der Waals surface area contributed by atoms with E-state index in [-0.39, 0.29) is 18.0 Å². The summed E-state index contributed by atoms with van der Waals surface area (Å²) < 4.78 is 18.2. The zero-order valence-electron chi connectivity index (χ0n) is 10.6. The van der Waals surface area contributed by atoms with Gasteiger partial charge in [0, 0.05) is 11.6 Å². The normalized spacial score (nSPS) is 20.9. The molecule has 1 aromatic carbocycles. The van der Waals surface area contributed by atoms with Crippen LogP contribution >= 0.6 is 11.6 Å². The molecule has 6 heteroatoms. The van der Waals surface area contributed by atoms with E-state index in [0.717, 1.165) is 0 Å². The Morgan fingerprint density at radius 3 is 3.05 bits per heavy atom. The summed E-state index contributed by atoms with van der Waals surface area (Å²) in [6.07, 6.45) is 0. The summed E-state index contributed by atoms with van der Waals surface area (Å²) in [5.74, 6) is -0.540. The Hall–Kier alpha value is -1.17. The molecule has 1 aliphatic heterocycles. The van der Waals surface area contributed by atoms with E-state index in [0.29, 0.717) is 30.3 Å². The van der Waals surface area contributed by atoms with E-state index in [2.05, 4.69) is 10.6 Å². The lowest BCUT2D eigenvalue weighted by atomic mass is 10.1. The lowest BCUT2D eigenvalue weighted by Gasteiger charge is -2.25. The highest BCUT2D eigenvalue weighted by Gasteiger charge is 2.23. The molecule has 1 aliphatic rings. The summed E-state index contributed by atoms with van der Waals surface area (Å²) in [6, 6.07) is 3.50. The average Bonchev–Trinajstić information content (AvgIpc) is 2.39. The largest absolute Gasteiger partial charge is 0.378 e. The molecule has 104 valence electrons. The zero-order chi connectivity index (χ0) is 13.8. The lowest BCUT2D eigenvalue weighted by molar-refractivity contribution is -0.126. The number of hydrogen-bond donors (Lipinski definition) is 2. The molecule has 0 aromatic heterocycles. The van der Waals surface area contributed by atoms with Gasteiger partial charge in [-0.1, -0.05) is 17.7 Å². The monoisotopic (exact) mass is 286 g/mol. The topological polar surface area (TPSA) is 50.4 Å². The minimum atomic E-state index is -0.394. The molecule has 1 saturated heterocycles. The van der Waals surface area contributed by atoms with Gasteiger partial charge in [0.15, 0.2) is 0 Å². The maximum absolute atomic E-state index is 13.0. The van der Waals surface area contributed by atoms with Crippen LogP contribution in [0.5, 0.6) is 0 Å². The van der Waals surface area contributed by atoms with Crippen molar-refractivity contribution in [2.45, 2.75) is 19.0 Å². The highest BCUT2D eigenvalue weighted by atomic mass is 35.5. The highest BCUT2D eigenvalue weighted by Crippen LogP contribution is 2.23. The van der Waals surface area contributed by atoms with Crippen LogP contribution in [0.15, 0.2) is 18.2 Å². The van der Waals surface area contributed by atoms with Crippen LogP contribution in [0, 0.1) is 5.82 Å². The molecule has 4 nitrogen and oxygen atoms in total. The number of benzene rings is 1. The molecule has 19 heavy (non-hydrogen) atoms. The number of hydrogen-bond acceptors (Lipinski definition) is 3. The predicted molar refractivity (Wildman–Crippen MR) is 70.6 cm³/mol. The number of rotatable bonds is 3. The van der Waals surface area contributed by atoms with Crippen molar-refractivity contribution in [1.82, 2.24) is 10.6 Å². The molecule has 1 amide bonds. The highest BCUT2D eigenvalue weighted by molar-refractivity contribution is 6.31. The van der Waals surface area contributed by atoms with Crippen LogP contribution in [0.1, 0.15) is 18.5 Å². The Balaban J connectivity index is 1.99. The van der Waals surface area contributed by atoms with Crippen molar-refractivity contribution >= 4 is 17.5 Å².